The van der Waals surface area contributed by atoms with Gasteiger partial charge in [-0.3, -0.25) is 4.90 Å². The molecule has 2 unspecified atom stereocenters. The van der Waals surface area contributed by atoms with Gasteiger partial charge in [0.25, 0.3) is 0 Å². The number of ether oxygens (including phenoxy) is 1. The van der Waals surface area contributed by atoms with E-state index >= 15 is 0 Å². The first kappa shape index (κ1) is 14.3. The normalized spacial score (nSPS) is 33.8. The van der Waals surface area contributed by atoms with Gasteiger partial charge in [-0.05, 0) is 32.1 Å². The molecule has 0 saturated carbocycles. The van der Waals surface area contributed by atoms with E-state index in [1.807, 2.05) is 0 Å². The molecule has 2 aliphatic heterocycles. The van der Waals surface area contributed by atoms with Crippen LogP contribution in [0.2, 0.25) is 0 Å². The second-order valence-corrected chi connectivity index (χ2v) is 6.59. The highest BCUT2D eigenvalue weighted by atomic mass is 16.5. The van der Waals surface area contributed by atoms with Crippen LogP contribution in [0.5, 0.6) is 0 Å². The van der Waals surface area contributed by atoms with E-state index in [-0.39, 0.29) is 0 Å². The molecule has 0 aliphatic carbocycles. The maximum absolute atomic E-state index is 5.56. The van der Waals surface area contributed by atoms with Gasteiger partial charge in [-0.2, -0.15) is 0 Å². The van der Waals surface area contributed by atoms with E-state index in [4.69, 9.17) is 4.74 Å². The largest absolute Gasteiger partial charge is 0.381 e. The molecule has 0 aromatic carbocycles. The minimum Gasteiger partial charge on any atom is -0.381 e. The fourth-order valence-corrected chi connectivity index (χ4v) is 3.42. The molecule has 0 radical (unpaired) electrons. The Hall–Kier alpha value is -0.120. The molecule has 0 spiro atoms. The van der Waals surface area contributed by atoms with Gasteiger partial charge in [-0.15, -0.1) is 0 Å². The lowest BCUT2D eigenvalue weighted by atomic mass is 9.84. The van der Waals surface area contributed by atoms with E-state index in [1.54, 1.807) is 0 Å². The zero-order valence-electron chi connectivity index (χ0n) is 12.5. The van der Waals surface area contributed by atoms with E-state index in [2.05, 4.69) is 37.9 Å². The molecule has 18 heavy (non-hydrogen) atoms. The highest BCUT2D eigenvalue weighted by Crippen LogP contribution is 2.33. The minimum atomic E-state index is 0.350. The Morgan fingerprint density at radius 1 is 1.33 bits per heavy atom. The van der Waals surface area contributed by atoms with Crippen molar-refractivity contribution < 1.29 is 4.74 Å². The zero-order chi connectivity index (χ0) is 13.2. The Balaban J connectivity index is 2.12. The van der Waals surface area contributed by atoms with Crippen molar-refractivity contribution in [2.24, 2.45) is 5.92 Å². The van der Waals surface area contributed by atoms with Crippen molar-refractivity contribution in [2.45, 2.75) is 64.6 Å². The summed E-state index contributed by atoms with van der Waals surface area (Å²) in [6, 6.07) is 1.34. The molecule has 2 heterocycles. The molecular formula is C15H30N2O. The monoisotopic (exact) mass is 254 g/mol. The molecule has 2 atom stereocenters. The summed E-state index contributed by atoms with van der Waals surface area (Å²) in [7, 11) is 0. The fourth-order valence-electron chi connectivity index (χ4n) is 3.42. The maximum atomic E-state index is 5.56. The number of nitrogens with one attached hydrogen (secondary N) is 1. The number of piperazine rings is 1. The highest BCUT2D eigenvalue weighted by molar-refractivity contribution is 4.98. The van der Waals surface area contributed by atoms with Crippen LogP contribution in [0.15, 0.2) is 0 Å². The summed E-state index contributed by atoms with van der Waals surface area (Å²) < 4.78 is 5.56. The number of hydrogen-bond acceptors (Lipinski definition) is 3. The smallest absolute Gasteiger partial charge is 0.0483 e. The summed E-state index contributed by atoms with van der Waals surface area (Å²) in [5.74, 6) is 0.718. The molecule has 0 aromatic rings. The molecule has 106 valence electrons. The van der Waals surface area contributed by atoms with Gasteiger partial charge in [-0.25, -0.2) is 0 Å². The predicted molar refractivity (Wildman–Crippen MR) is 75.9 cm³/mol. The topological polar surface area (TPSA) is 24.5 Å². The SMILES string of the molecule is CCC1CN(C2(C)CCOCC2)C(C(C)C)CN1. The van der Waals surface area contributed by atoms with Gasteiger partial charge in [0.1, 0.15) is 0 Å². The Bertz CT molecular complexity index is 261. The van der Waals surface area contributed by atoms with Crippen molar-refractivity contribution in [3.8, 4) is 0 Å². The predicted octanol–water partition coefficient (Wildman–Crippen LogP) is 2.26. The molecule has 2 aliphatic rings. The Morgan fingerprint density at radius 2 is 2.00 bits per heavy atom. The highest BCUT2D eigenvalue weighted by Gasteiger charge is 2.41. The lowest BCUT2D eigenvalue weighted by Crippen LogP contribution is -2.65. The van der Waals surface area contributed by atoms with Crippen molar-refractivity contribution in [2.75, 3.05) is 26.3 Å². The van der Waals surface area contributed by atoms with Gasteiger partial charge < -0.3 is 10.1 Å². The van der Waals surface area contributed by atoms with Gasteiger partial charge in [0.15, 0.2) is 0 Å². The molecule has 2 saturated heterocycles. The molecule has 0 amide bonds. The van der Waals surface area contributed by atoms with E-state index in [0.717, 1.165) is 25.7 Å². The second kappa shape index (κ2) is 5.89. The van der Waals surface area contributed by atoms with Gasteiger partial charge in [0, 0.05) is 43.9 Å². The number of nitrogens with zero attached hydrogens (tertiary/aromatic N) is 1. The van der Waals surface area contributed by atoms with Gasteiger partial charge >= 0.3 is 0 Å². The van der Waals surface area contributed by atoms with Crippen LogP contribution in [0.25, 0.3) is 0 Å². The minimum absolute atomic E-state index is 0.350. The molecule has 2 rings (SSSR count). The van der Waals surface area contributed by atoms with E-state index in [0.29, 0.717) is 17.6 Å². The Morgan fingerprint density at radius 3 is 2.56 bits per heavy atom. The molecule has 3 nitrogen and oxygen atoms in total. The van der Waals surface area contributed by atoms with Crippen molar-refractivity contribution >= 4 is 0 Å². The summed E-state index contributed by atoms with van der Waals surface area (Å²) in [6.07, 6.45) is 3.60. The van der Waals surface area contributed by atoms with E-state index in [9.17, 15) is 0 Å². The van der Waals surface area contributed by atoms with Crippen molar-refractivity contribution in [3.63, 3.8) is 0 Å². The Kier molecular flexibility index (Phi) is 4.68. The van der Waals surface area contributed by atoms with Crippen LogP contribution in [-0.4, -0.2) is 48.8 Å². The molecule has 3 heteroatoms. The van der Waals surface area contributed by atoms with E-state index < -0.39 is 0 Å². The summed E-state index contributed by atoms with van der Waals surface area (Å²) in [5.41, 5.74) is 0.350. The summed E-state index contributed by atoms with van der Waals surface area (Å²) in [4.78, 5) is 2.80. The second-order valence-electron chi connectivity index (χ2n) is 6.59. The molecule has 0 aromatic heterocycles. The molecule has 1 N–H and O–H groups in total. The van der Waals surface area contributed by atoms with E-state index in [1.165, 1.54) is 25.8 Å². The maximum Gasteiger partial charge on any atom is 0.0483 e. The van der Waals surface area contributed by atoms with Crippen molar-refractivity contribution in [1.29, 1.82) is 0 Å². The first-order chi connectivity index (χ1) is 8.57. The van der Waals surface area contributed by atoms with Gasteiger partial charge in [0.2, 0.25) is 0 Å². The van der Waals surface area contributed by atoms with Gasteiger partial charge in [-0.1, -0.05) is 20.8 Å². The fraction of sp³-hybridized carbons (Fsp3) is 1.00. The number of rotatable bonds is 3. The Labute approximate surface area is 112 Å². The van der Waals surface area contributed by atoms with Crippen LogP contribution in [0, 0.1) is 5.92 Å². The first-order valence-electron chi connectivity index (χ1n) is 7.64. The zero-order valence-corrected chi connectivity index (χ0v) is 12.5. The molecule has 2 fully saturated rings. The average molecular weight is 254 g/mol. The van der Waals surface area contributed by atoms with Crippen LogP contribution < -0.4 is 5.32 Å². The summed E-state index contributed by atoms with van der Waals surface area (Å²) in [6.45, 7) is 13.7. The molecule has 0 bridgehead atoms. The lowest BCUT2D eigenvalue weighted by Gasteiger charge is -2.53. The standard InChI is InChI=1S/C15H30N2O/c1-5-13-11-17(14(10-16-13)12(2)3)15(4)6-8-18-9-7-15/h12-14,16H,5-11H2,1-4H3. The van der Waals surface area contributed by atoms with Crippen LogP contribution in [0.3, 0.4) is 0 Å². The third-order valence-electron chi connectivity index (χ3n) is 4.96. The van der Waals surface area contributed by atoms with Crippen LogP contribution in [0.4, 0.5) is 0 Å². The van der Waals surface area contributed by atoms with Crippen LogP contribution in [-0.2, 0) is 4.74 Å². The quantitative estimate of drug-likeness (QED) is 0.836. The third-order valence-corrected chi connectivity index (χ3v) is 4.96. The average Bonchev–Trinajstić information content (AvgIpc) is 2.38. The third kappa shape index (κ3) is 2.89. The number of hydrogen-bond donors (Lipinski definition) is 1. The van der Waals surface area contributed by atoms with Crippen LogP contribution >= 0.6 is 0 Å². The van der Waals surface area contributed by atoms with Gasteiger partial charge in [0.05, 0.1) is 0 Å². The van der Waals surface area contributed by atoms with Crippen molar-refractivity contribution in [1.82, 2.24) is 10.2 Å². The summed E-state index contributed by atoms with van der Waals surface area (Å²) >= 11 is 0. The first-order valence-corrected chi connectivity index (χ1v) is 7.64. The summed E-state index contributed by atoms with van der Waals surface area (Å²) in [5, 5.41) is 3.71. The van der Waals surface area contributed by atoms with Crippen molar-refractivity contribution in [3.05, 3.63) is 0 Å². The lowest BCUT2D eigenvalue weighted by molar-refractivity contribution is -0.0632. The van der Waals surface area contributed by atoms with Crippen LogP contribution in [0.1, 0.15) is 47.0 Å². The molecular weight excluding hydrogens is 224 g/mol.